The van der Waals surface area contributed by atoms with E-state index in [-0.39, 0.29) is 19.1 Å². The van der Waals surface area contributed by atoms with Crippen LogP contribution in [0.3, 0.4) is 0 Å². The molecule has 3 aromatic rings. The molecule has 0 aliphatic carbocycles. The summed E-state index contributed by atoms with van der Waals surface area (Å²) in [5, 5.41) is 1.04. The molecule has 1 unspecified atom stereocenters. The molecule has 9 heteroatoms. The average molecular weight is 427 g/mol. The van der Waals surface area contributed by atoms with Crippen LogP contribution in [-0.4, -0.2) is 64.5 Å². The van der Waals surface area contributed by atoms with Crippen LogP contribution in [-0.2, 0) is 22.5 Å². The number of halogens is 2. The van der Waals surface area contributed by atoms with Crippen LogP contribution in [0.2, 0.25) is 0 Å². The Morgan fingerprint density at radius 2 is 2.10 bits per heavy atom. The van der Waals surface area contributed by atoms with E-state index < -0.39 is 12.3 Å². The Morgan fingerprint density at radius 1 is 1.26 bits per heavy atom. The summed E-state index contributed by atoms with van der Waals surface area (Å²) in [7, 11) is 0. The van der Waals surface area contributed by atoms with Gasteiger partial charge in [0, 0.05) is 41.3 Å². The van der Waals surface area contributed by atoms with Gasteiger partial charge in [-0.3, -0.25) is 4.79 Å². The number of rotatable bonds is 3. The maximum atomic E-state index is 13.0. The van der Waals surface area contributed by atoms with E-state index >= 15 is 0 Å². The van der Waals surface area contributed by atoms with Gasteiger partial charge in [-0.25, -0.2) is 9.97 Å². The fourth-order valence-electron chi connectivity index (χ4n) is 4.39. The zero-order chi connectivity index (χ0) is 21.5. The number of aromatic nitrogens is 3. The molecule has 7 nitrogen and oxygen atoms in total. The van der Waals surface area contributed by atoms with Crippen LogP contribution >= 0.6 is 0 Å². The minimum atomic E-state index is -3.02. The van der Waals surface area contributed by atoms with Crippen LogP contribution in [0, 0.1) is 0 Å². The Morgan fingerprint density at radius 3 is 2.90 bits per heavy atom. The third-order valence-electron chi connectivity index (χ3n) is 6.02. The fraction of sp³-hybridized carbons (Fsp3) is 0.409. The van der Waals surface area contributed by atoms with E-state index in [4.69, 9.17) is 14.7 Å². The SMILES string of the molecule is CC1COCCN1c1nc2c(c(-c3c[nH]c4ccccc34)n1)CCN(C(=O)C(F)F)C2. The number of aromatic amines is 1. The molecule has 2 aliphatic rings. The van der Waals surface area contributed by atoms with Gasteiger partial charge in [-0.2, -0.15) is 8.78 Å². The number of para-hydroxylation sites is 1. The predicted molar refractivity (Wildman–Crippen MR) is 112 cm³/mol. The van der Waals surface area contributed by atoms with Gasteiger partial charge in [0.05, 0.1) is 37.2 Å². The Labute approximate surface area is 178 Å². The van der Waals surface area contributed by atoms with Gasteiger partial charge < -0.3 is 19.5 Å². The van der Waals surface area contributed by atoms with E-state index in [1.807, 2.05) is 37.4 Å². The van der Waals surface area contributed by atoms with Crippen molar-refractivity contribution in [2.75, 3.05) is 31.2 Å². The summed E-state index contributed by atoms with van der Waals surface area (Å²) in [5.74, 6) is -0.611. The standard InChI is InChI=1S/C22H23F2N5O2/c1-13-12-31-9-8-29(13)22-26-18-11-28(21(30)20(23)24)7-6-15(18)19(27-22)16-10-25-17-5-3-2-4-14(16)17/h2-5,10,13,20,25H,6-9,11-12H2,1H3. The molecule has 1 N–H and O–H groups in total. The van der Waals surface area contributed by atoms with Gasteiger partial charge in [0.25, 0.3) is 5.91 Å². The van der Waals surface area contributed by atoms with E-state index in [1.54, 1.807) is 0 Å². The van der Waals surface area contributed by atoms with Crippen molar-refractivity contribution in [3.05, 3.63) is 41.7 Å². The van der Waals surface area contributed by atoms with E-state index in [1.165, 1.54) is 4.90 Å². The lowest BCUT2D eigenvalue weighted by Crippen LogP contribution is -2.45. The molecule has 0 spiro atoms. The second kappa shape index (κ2) is 7.88. The summed E-state index contributed by atoms with van der Waals surface area (Å²) in [5.41, 5.74) is 4.28. The number of hydrogen-bond acceptors (Lipinski definition) is 5. The highest BCUT2D eigenvalue weighted by Gasteiger charge is 2.32. The van der Waals surface area contributed by atoms with Gasteiger partial charge in [0.2, 0.25) is 5.95 Å². The Hall–Kier alpha value is -3.07. The average Bonchev–Trinajstić information content (AvgIpc) is 3.21. The molecule has 1 aromatic carbocycles. The van der Waals surface area contributed by atoms with Crippen molar-refractivity contribution in [1.82, 2.24) is 19.9 Å². The van der Waals surface area contributed by atoms with Crippen molar-refractivity contribution in [2.45, 2.75) is 32.4 Å². The van der Waals surface area contributed by atoms with Gasteiger partial charge in [0.1, 0.15) is 0 Å². The van der Waals surface area contributed by atoms with E-state index in [0.717, 1.165) is 27.7 Å². The number of amides is 1. The van der Waals surface area contributed by atoms with Gasteiger partial charge in [-0.1, -0.05) is 18.2 Å². The Bertz CT molecular complexity index is 1130. The monoisotopic (exact) mass is 427 g/mol. The molecule has 31 heavy (non-hydrogen) atoms. The number of morpholine rings is 1. The number of benzene rings is 1. The van der Waals surface area contributed by atoms with Gasteiger partial charge in [0.15, 0.2) is 0 Å². The summed E-state index contributed by atoms with van der Waals surface area (Å²) in [6.07, 6.45) is -0.659. The molecular formula is C22H23F2N5O2. The smallest absolute Gasteiger partial charge is 0.315 e. The summed E-state index contributed by atoms with van der Waals surface area (Å²) < 4.78 is 31.6. The van der Waals surface area contributed by atoms with Crippen LogP contribution < -0.4 is 4.90 Å². The van der Waals surface area contributed by atoms with Crippen LogP contribution in [0.15, 0.2) is 30.5 Å². The normalized spacial score (nSPS) is 19.2. The van der Waals surface area contributed by atoms with Crippen LogP contribution in [0.1, 0.15) is 18.2 Å². The third-order valence-corrected chi connectivity index (χ3v) is 6.02. The summed E-state index contributed by atoms with van der Waals surface area (Å²) in [6.45, 7) is 4.11. The molecule has 0 radical (unpaired) electrons. The Balaban J connectivity index is 1.64. The number of hydrogen-bond donors (Lipinski definition) is 1. The number of anilines is 1. The number of ether oxygens (including phenoxy) is 1. The van der Waals surface area contributed by atoms with E-state index in [9.17, 15) is 13.6 Å². The minimum absolute atomic E-state index is 0.0576. The zero-order valence-electron chi connectivity index (χ0n) is 17.1. The van der Waals surface area contributed by atoms with Crippen molar-refractivity contribution in [2.24, 2.45) is 0 Å². The van der Waals surface area contributed by atoms with Crippen LogP contribution in [0.5, 0.6) is 0 Å². The number of alkyl halides is 2. The molecule has 4 heterocycles. The highest BCUT2D eigenvalue weighted by molar-refractivity contribution is 5.95. The number of carbonyl (C=O) groups excluding carboxylic acids is 1. The molecule has 0 saturated carbocycles. The molecule has 1 saturated heterocycles. The highest BCUT2D eigenvalue weighted by Crippen LogP contribution is 2.35. The lowest BCUT2D eigenvalue weighted by Gasteiger charge is -2.35. The molecule has 1 amide bonds. The zero-order valence-corrected chi connectivity index (χ0v) is 17.1. The van der Waals surface area contributed by atoms with Crippen molar-refractivity contribution in [1.29, 1.82) is 0 Å². The lowest BCUT2D eigenvalue weighted by atomic mass is 9.98. The van der Waals surface area contributed by atoms with E-state index in [2.05, 4.69) is 9.88 Å². The first-order valence-corrected chi connectivity index (χ1v) is 10.4. The summed E-state index contributed by atoms with van der Waals surface area (Å²) >= 11 is 0. The second-order valence-corrected chi connectivity index (χ2v) is 7.97. The molecule has 2 aromatic heterocycles. The lowest BCUT2D eigenvalue weighted by molar-refractivity contribution is -0.143. The number of fused-ring (bicyclic) bond motifs is 2. The largest absolute Gasteiger partial charge is 0.377 e. The topological polar surface area (TPSA) is 74.3 Å². The quantitative estimate of drug-likeness (QED) is 0.696. The van der Waals surface area contributed by atoms with Gasteiger partial charge >= 0.3 is 6.43 Å². The third kappa shape index (κ3) is 3.52. The maximum Gasteiger partial charge on any atom is 0.315 e. The molecule has 5 rings (SSSR count). The molecular weight excluding hydrogens is 404 g/mol. The number of nitrogens with zero attached hydrogens (tertiary/aromatic N) is 4. The summed E-state index contributed by atoms with van der Waals surface area (Å²) in [6, 6.07) is 8.06. The van der Waals surface area contributed by atoms with Crippen LogP contribution in [0.25, 0.3) is 22.2 Å². The van der Waals surface area contributed by atoms with Crippen molar-refractivity contribution in [3.63, 3.8) is 0 Å². The second-order valence-electron chi connectivity index (χ2n) is 7.97. The fourth-order valence-corrected chi connectivity index (χ4v) is 4.39. The van der Waals surface area contributed by atoms with Crippen molar-refractivity contribution in [3.8, 4) is 11.3 Å². The maximum absolute atomic E-state index is 13.0. The number of nitrogens with one attached hydrogen (secondary N) is 1. The molecule has 162 valence electrons. The van der Waals surface area contributed by atoms with Gasteiger partial charge in [-0.15, -0.1) is 0 Å². The van der Waals surface area contributed by atoms with Crippen LogP contribution in [0.4, 0.5) is 14.7 Å². The molecule has 0 bridgehead atoms. The molecule has 1 atom stereocenters. The van der Waals surface area contributed by atoms with E-state index in [0.29, 0.717) is 37.8 Å². The first-order valence-electron chi connectivity index (χ1n) is 10.4. The highest BCUT2D eigenvalue weighted by atomic mass is 19.3. The predicted octanol–water partition coefficient (Wildman–Crippen LogP) is 3.00. The minimum Gasteiger partial charge on any atom is -0.377 e. The summed E-state index contributed by atoms with van der Waals surface area (Å²) in [4.78, 5) is 28.2. The number of H-pyrrole nitrogens is 1. The molecule has 2 aliphatic heterocycles. The molecule has 1 fully saturated rings. The Kier molecular flexibility index (Phi) is 5.05. The van der Waals surface area contributed by atoms with Crippen molar-refractivity contribution >= 4 is 22.8 Å². The number of carbonyl (C=O) groups is 1. The van der Waals surface area contributed by atoms with Gasteiger partial charge in [-0.05, 0) is 19.4 Å². The first-order chi connectivity index (χ1) is 15.0. The first kappa shape index (κ1) is 19.9. The van der Waals surface area contributed by atoms with Crippen molar-refractivity contribution < 1.29 is 18.3 Å².